The lowest BCUT2D eigenvalue weighted by molar-refractivity contribution is -0.165. The highest BCUT2D eigenvalue weighted by Gasteiger charge is 2.51. The molecule has 2 aliphatic rings. The maximum atomic E-state index is 12.1. The van der Waals surface area contributed by atoms with Crippen molar-refractivity contribution in [3.63, 3.8) is 0 Å². The lowest BCUT2D eigenvalue weighted by atomic mass is 9.73. The van der Waals surface area contributed by atoms with Crippen LogP contribution in [0.5, 0.6) is 0 Å². The number of benzene rings is 1. The van der Waals surface area contributed by atoms with Crippen molar-refractivity contribution >= 4 is 17.6 Å². The van der Waals surface area contributed by atoms with Crippen molar-refractivity contribution < 1.29 is 15.0 Å². The number of H-pyrrole nitrogens is 1. The third kappa shape index (κ3) is 3.74. The molecule has 144 valence electrons. The summed E-state index contributed by atoms with van der Waals surface area (Å²) in [6, 6.07) is 7.55. The number of likely N-dealkylation sites (tertiary alicyclic amines) is 1. The molecule has 1 saturated heterocycles. The molecule has 1 aliphatic carbocycles. The number of rotatable bonds is 6. The molecule has 1 aliphatic heterocycles. The lowest BCUT2D eigenvalue weighted by Gasteiger charge is -2.43. The van der Waals surface area contributed by atoms with E-state index >= 15 is 0 Å². The predicted molar refractivity (Wildman–Crippen MR) is 102 cm³/mol. The maximum Gasteiger partial charge on any atom is 0.313 e. The summed E-state index contributed by atoms with van der Waals surface area (Å²) in [5, 5.41) is 28.3. The zero-order valence-electron chi connectivity index (χ0n) is 15.1. The molecule has 1 saturated carbocycles. The van der Waals surface area contributed by atoms with E-state index in [1.165, 1.54) is 0 Å². The smallest absolute Gasteiger partial charge is 0.313 e. The first-order valence-electron chi connectivity index (χ1n) is 9.40. The zero-order valence-corrected chi connectivity index (χ0v) is 15.8. The van der Waals surface area contributed by atoms with Gasteiger partial charge in [-0.25, -0.2) is 0 Å². The number of aromatic amines is 1. The van der Waals surface area contributed by atoms with Crippen LogP contribution >= 0.6 is 11.6 Å². The summed E-state index contributed by atoms with van der Waals surface area (Å²) in [5.41, 5.74) is 1.86. The zero-order chi connectivity index (χ0) is 19.0. The standard InChI is InChI=1S/C20H24ClN3O3/c21-16-5-3-14(4-6-16)18-15(10-22-23-18)11-24-8-7-17(25)20(12-24,19(26)27)9-13-1-2-13/h3-6,10,13,17,25H,1-2,7-9,11-12H2,(H,22,23)(H,26,27)/t17-,20+/m0/s1. The molecular weight excluding hydrogens is 366 g/mol. The number of hydrogen-bond acceptors (Lipinski definition) is 4. The van der Waals surface area contributed by atoms with Gasteiger partial charge >= 0.3 is 5.97 Å². The molecule has 27 heavy (non-hydrogen) atoms. The lowest BCUT2D eigenvalue weighted by Crippen LogP contribution is -2.56. The van der Waals surface area contributed by atoms with E-state index < -0.39 is 17.5 Å². The van der Waals surface area contributed by atoms with E-state index in [0.717, 1.165) is 29.7 Å². The van der Waals surface area contributed by atoms with E-state index in [9.17, 15) is 15.0 Å². The molecule has 4 rings (SSSR count). The van der Waals surface area contributed by atoms with Gasteiger partial charge in [-0.15, -0.1) is 0 Å². The minimum Gasteiger partial charge on any atom is -0.481 e. The highest BCUT2D eigenvalue weighted by molar-refractivity contribution is 6.30. The van der Waals surface area contributed by atoms with E-state index in [1.807, 2.05) is 24.3 Å². The number of piperidine rings is 1. The summed E-state index contributed by atoms with van der Waals surface area (Å²) in [6.45, 7) is 1.64. The number of aliphatic carboxylic acids is 1. The number of aromatic nitrogens is 2. The number of aliphatic hydroxyl groups excluding tert-OH is 1. The third-order valence-corrected chi connectivity index (χ3v) is 6.13. The van der Waals surface area contributed by atoms with Crippen LogP contribution in [0.25, 0.3) is 11.3 Å². The normalized spacial score (nSPS) is 26.2. The molecule has 2 aromatic rings. The van der Waals surface area contributed by atoms with Crippen molar-refractivity contribution in [1.29, 1.82) is 0 Å². The molecule has 0 amide bonds. The summed E-state index contributed by atoms with van der Waals surface area (Å²) in [6.07, 6.45) is 4.20. The van der Waals surface area contributed by atoms with Crippen LogP contribution in [0.4, 0.5) is 0 Å². The van der Waals surface area contributed by atoms with Gasteiger partial charge in [-0.05, 0) is 36.5 Å². The summed E-state index contributed by atoms with van der Waals surface area (Å²) < 4.78 is 0. The van der Waals surface area contributed by atoms with Crippen LogP contribution in [-0.2, 0) is 11.3 Å². The van der Waals surface area contributed by atoms with Gasteiger partial charge in [0.25, 0.3) is 0 Å². The van der Waals surface area contributed by atoms with Crippen LogP contribution in [0.15, 0.2) is 30.5 Å². The third-order valence-electron chi connectivity index (χ3n) is 5.88. The topological polar surface area (TPSA) is 89.5 Å². The summed E-state index contributed by atoms with van der Waals surface area (Å²) in [4.78, 5) is 14.2. The number of hydrogen-bond donors (Lipinski definition) is 3. The van der Waals surface area contributed by atoms with Crippen LogP contribution in [0.2, 0.25) is 5.02 Å². The SMILES string of the molecule is O=C(O)[C@]1(CC2CC2)CN(Cc2cn[nH]c2-c2ccc(Cl)cc2)CC[C@@H]1O. The number of halogens is 1. The number of carbonyl (C=O) groups is 1. The number of aliphatic hydroxyl groups is 1. The number of carboxylic acids is 1. The first-order chi connectivity index (χ1) is 13.0. The summed E-state index contributed by atoms with van der Waals surface area (Å²) >= 11 is 5.98. The van der Waals surface area contributed by atoms with Gasteiger partial charge in [0.05, 0.1) is 18.0 Å². The molecule has 2 atom stereocenters. The minimum absolute atomic E-state index is 0.366. The van der Waals surface area contributed by atoms with Gasteiger partial charge < -0.3 is 10.2 Å². The average molecular weight is 390 g/mol. The van der Waals surface area contributed by atoms with E-state index in [1.54, 1.807) is 6.20 Å². The van der Waals surface area contributed by atoms with Crippen LogP contribution in [0, 0.1) is 11.3 Å². The van der Waals surface area contributed by atoms with Crippen LogP contribution in [0.1, 0.15) is 31.2 Å². The molecule has 0 bridgehead atoms. The molecule has 2 fully saturated rings. The van der Waals surface area contributed by atoms with E-state index in [4.69, 9.17) is 11.6 Å². The molecule has 3 N–H and O–H groups in total. The molecule has 0 spiro atoms. The van der Waals surface area contributed by atoms with Crippen LogP contribution < -0.4 is 0 Å². The van der Waals surface area contributed by atoms with Crippen LogP contribution in [-0.4, -0.2) is 50.5 Å². The van der Waals surface area contributed by atoms with Crippen molar-refractivity contribution in [2.75, 3.05) is 13.1 Å². The van der Waals surface area contributed by atoms with Crippen molar-refractivity contribution in [3.05, 3.63) is 41.0 Å². The Balaban J connectivity index is 1.54. The van der Waals surface area contributed by atoms with Crippen molar-refractivity contribution in [2.24, 2.45) is 11.3 Å². The van der Waals surface area contributed by atoms with Crippen molar-refractivity contribution in [3.8, 4) is 11.3 Å². The molecular formula is C20H24ClN3O3. The average Bonchev–Trinajstić information content (AvgIpc) is 3.34. The predicted octanol–water partition coefficient (Wildman–Crippen LogP) is 3.17. The largest absolute Gasteiger partial charge is 0.481 e. The van der Waals surface area contributed by atoms with Gasteiger partial charge in [0, 0.05) is 30.2 Å². The molecule has 0 unspecified atom stereocenters. The first kappa shape index (κ1) is 18.5. The number of nitrogens with zero attached hydrogens (tertiary/aromatic N) is 2. The van der Waals surface area contributed by atoms with Crippen molar-refractivity contribution in [1.82, 2.24) is 15.1 Å². The minimum atomic E-state index is -1.07. The first-order valence-corrected chi connectivity index (χ1v) is 9.78. The Hall–Kier alpha value is -1.89. The van der Waals surface area contributed by atoms with E-state index in [2.05, 4.69) is 15.1 Å². The Kier molecular flexibility index (Phi) is 4.97. The molecule has 1 aromatic heterocycles. The van der Waals surface area contributed by atoms with Crippen molar-refractivity contribution in [2.45, 2.75) is 38.3 Å². The Labute approximate surface area is 163 Å². The van der Waals surface area contributed by atoms with Gasteiger partial charge in [-0.2, -0.15) is 5.10 Å². The van der Waals surface area contributed by atoms with Gasteiger partial charge in [0.1, 0.15) is 5.41 Å². The number of carboxylic acid groups (broad SMARTS) is 1. The Morgan fingerprint density at radius 2 is 2.04 bits per heavy atom. The Morgan fingerprint density at radius 3 is 2.70 bits per heavy atom. The molecule has 7 heteroatoms. The van der Waals surface area contributed by atoms with E-state index in [-0.39, 0.29) is 0 Å². The number of nitrogens with one attached hydrogen (secondary N) is 1. The fourth-order valence-electron chi connectivity index (χ4n) is 4.17. The van der Waals surface area contributed by atoms with Gasteiger partial charge in [-0.3, -0.25) is 14.8 Å². The van der Waals surface area contributed by atoms with Gasteiger partial charge in [-0.1, -0.05) is 36.6 Å². The monoisotopic (exact) mass is 389 g/mol. The molecule has 0 radical (unpaired) electrons. The highest BCUT2D eigenvalue weighted by atomic mass is 35.5. The molecule has 1 aromatic carbocycles. The maximum absolute atomic E-state index is 12.1. The fourth-order valence-corrected chi connectivity index (χ4v) is 4.30. The Morgan fingerprint density at radius 1 is 1.30 bits per heavy atom. The second kappa shape index (κ2) is 7.26. The second-order valence-corrected chi connectivity index (χ2v) is 8.34. The summed E-state index contributed by atoms with van der Waals surface area (Å²) in [7, 11) is 0. The van der Waals surface area contributed by atoms with Gasteiger partial charge in [0.2, 0.25) is 0 Å². The molecule has 6 nitrogen and oxygen atoms in total. The highest BCUT2D eigenvalue weighted by Crippen LogP contribution is 2.45. The Bertz CT molecular complexity index is 818. The summed E-state index contributed by atoms with van der Waals surface area (Å²) in [5.74, 6) is -0.439. The van der Waals surface area contributed by atoms with E-state index in [0.29, 0.717) is 43.4 Å². The van der Waals surface area contributed by atoms with Crippen LogP contribution in [0.3, 0.4) is 0 Å². The second-order valence-electron chi connectivity index (χ2n) is 7.90. The van der Waals surface area contributed by atoms with Gasteiger partial charge in [0.15, 0.2) is 0 Å². The quantitative estimate of drug-likeness (QED) is 0.706. The fraction of sp³-hybridized carbons (Fsp3) is 0.500. The molecule has 2 heterocycles.